The van der Waals surface area contributed by atoms with E-state index in [-0.39, 0.29) is 23.0 Å². The second kappa shape index (κ2) is 8.29. The number of rotatable bonds is 7. The third-order valence-corrected chi connectivity index (χ3v) is 4.92. The van der Waals surface area contributed by atoms with E-state index in [1.165, 1.54) is 41.6 Å². The van der Waals surface area contributed by atoms with E-state index in [9.17, 15) is 26.4 Å². The summed E-state index contributed by atoms with van der Waals surface area (Å²) in [5.41, 5.74) is 0.232. The summed E-state index contributed by atoms with van der Waals surface area (Å²) in [5.74, 6) is -0.307. The van der Waals surface area contributed by atoms with E-state index in [1.807, 2.05) is 0 Å². The normalized spacial score (nSPS) is 13.5. The van der Waals surface area contributed by atoms with E-state index >= 15 is 0 Å². The topological polar surface area (TPSA) is 110 Å². The molecule has 0 spiro atoms. The first-order valence-corrected chi connectivity index (χ1v) is 9.62. The van der Waals surface area contributed by atoms with Crippen LogP contribution in [0.15, 0.2) is 41.6 Å². The van der Waals surface area contributed by atoms with E-state index in [1.54, 1.807) is 14.0 Å². The minimum atomic E-state index is -4.38. The van der Waals surface area contributed by atoms with Gasteiger partial charge in [0.15, 0.2) is 0 Å². The maximum atomic E-state index is 12.6. The number of amides is 1. The highest BCUT2D eigenvalue weighted by molar-refractivity contribution is 7.89. The fourth-order valence-corrected chi connectivity index (χ4v) is 2.95. The van der Waals surface area contributed by atoms with Gasteiger partial charge in [-0.25, -0.2) is 18.5 Å². The lowest BCUT2D eigenvalue weighted by molar-refractivity contribution is -0.141. The Bertz CT molecular complexity index is 943. The zero-order valence-electron chi connectivity index (χ0n) is 15.1. The van der Waals surface area contributed by atoms with Crippen LogP contribution in [-0.2, 0) is 27.9 Å². The number of nitrogens with zero attached hydrogens (tertiary/aromatic N) is 3. The Balaban J connectivity index is 2.05. The molecule has 0 aliphatic heterocycles. The predicted octanol–water partition coefficient (Wildman–Crippen LogP) is 1.55. The molecule has 1 aromatic carbocycles. The summed E-state index contributed by atoms with van der Waals surface area (Å²) in [6.07, 6.45) is -1.90. The van der Waals surface area contributed by atoms with Crippen molar-refractivity contribution in [3.8, 4) is 0 Å². The number of primary sulfonamides is 1. The molecule has 12 heteroatoms. The average molecular weight is 419 g/mol. The molecule has 0 bridgehead atoms. The lowest BCUT2D eigenvalue weighted by Crippen LogP contribution is -2.39. The van der Waals surface area contributed by atoms with Gasteiger partial charge in [-0.05, 0) is 32.2 Å². The number of imidazole rings is 1. The van der Waals surface area contributed by atoms with Crippen molar-refractivity contribution in [1.29, 1.82) is 0 Å². The molecule has 0 saturated carbocycles. The second-order valence-electron chi connectivity index (χ2n) is 6.24. The summed E-state index contributed by atoms with van der Waals surface area (Å²) in [6.45, 7) is 0.405. The smallest absolute Gasteiger partial charge is 0.325 e. The van der Waals surface area contributed by atoms with E-state index in [4.69, 9.17) is 5.14 Å². The molecule has 1 atom stereocenters. The molecule has 2 aromatic rings. The lowest BCUT2D eigenvalue weighted by Gasteiger charge is -2.24. The first kappa shape index (κ1) is 21.9. The SMILES string of the molecule is CC(C(=O)Nc1cccc(S(N)(=O)=O)c1)N(C)Cc1nccn1CC(F)(F)F. The number of nitrogens with two attached hydrogens (primary N) is 1. The number of halogens is 3. The molecule has 1 heterocycles. The minimum Gasteiger partial charge on any atom is -0.325 e. The van der Waals surface area contributed by atoms with E-state index < -0.39 is 34.7 Å². The number of sulfonamides is 1. The fraction of sp³-hybridized carbons (Fsp3) is 0.375. The van der Waals surface area contributed by atoms with Crippen LogP contribution in [-0.4, -0.2) is 48.0 Å². The van der Waals surface area contributed by atoms with Crippen molar-refractivity contribution in [1.82, 2.24) is 14.5 Å². The molecule has 1 amide bonds. The zero-order chi connectivity index (χ0) is 21.1. The summed E-state index contributed by atoms with van der Waals surface area (Å²) in [5, 5.41) is 7.62. The highest BCUT2D eigenvalue weighted by atomic mass is 32.2. The molecule has 0 radical (unpaired) electrons. The van der Waals surface area contributed by atoms with Crippen LogP contribution in [0.1, 0.15) is 12.7 Å². The molecule has 8 nitrogen and oxygen atoms in total. The molecular formula is C16H20F3N5O3S. The quantitative estimate of drug-likeness (QED) is 0.708. The van der Waals surface area contributed by atoms with Gasteiger partial charge in [-0.3, -0.25) is 9.69 Å². The second-order valence-corrected chi connectivity index (χ2v) is 7.80. The largest absolute Gasteiger partial charge is 0.406 e. The molecule has 2 rings (SSSR count). The van der Waals surface area contributed by atoms with Crippen molar-refractivity contribution < 1.29 is 26.4 Å². The van der Waals surface area contributed by atoms with Crippen LogP contribution in [0, 0.1) is 0 Å². The molecule has 1 unspecified atom stereocenters. The van der Waals surface area contributed by atoms with Crippen molar-refractivity contribution in [2.75, 3.05) is 12.4 Å². The van der Waals surface area contributed by atoms with Crippen molar-refractivity contribution in [3.05, 3.63) is 42.5 Å². The maximum absolute atomic E-state index is 12.6. The van der Waals surface area contributed by atoms with Gasteiger partial charge in [-0.1, -0.05) is 6.07 Å². The number of hydrogen-bond acceptors (Lipinski definition) is 5. The van der Waals surface area contributed by atoms with Crippen LogP contribution in [0.4, 0.5) is 18.9 Å². The Kier molecular flexibility index (Phi) is 6.47. The zero-order valence-corrected chi connectivity index (χ0v) is 16.0. The minimum absolute atomic E-state index is 0.00882. The number of hydrogen-bond donors (Lipinski definition) is 2. The number of anilines is 1. The van der Waals surface area contributed by atoms with Crippen molar-refractivity contribution >= 4 is 21.6 Å². The van der Waals surface area contributed by atoms with Gasteiger partial charge in [0.05, 0.1) is 17.5 Å². The van der Waals surface area contributed by atoms with Gasteiger partial charge < -0.3 is 9.88 Å². The molecule has 28 heavy (non-hydrogen) atoms. The van der Waals surface area contributed by atoms with Gasteiger partial charge in [-0.2, -0.15) is 13.2 Å². The Hall–Kier alpha value is -2.44. The van der Waals surface area contributed by atoms with Crippen molar-refractivity contribution in [3.63, 3.8) is 0 Å². The molecule has 0 aliphatic carbocycles. The van der Waals surface area contributed by atoms with Gasteiger partial charge in [0, 0.05) is 18.1 Å². The monoisotopic (exact) mass is 419 g/mol. The van der Waals surface area contributed by atoms with Gasteiger partial charge in [0.2, 0.25) is 15.9 Å². The molecule has 0 saturated heterocycles. The highest BCUT2D eigenvalue weighted by Crippen LogP contribution is 2.19. The first-order chi connectivity index (χ1) is 12.9. The first-order valence-electron chi connectivity index (χ1n) is 8.07. The number of carbonyl (C=O) groups excluding carboxylic acids is 1. The van der Waals surface area contributed by atoms with E-state index in [2.05, 4.69) is 10.3 Å². The molecular weight excluding hydrogens is 399 g/mol. The van der Waals surface area contributed by atoms with Crippen molar-refractivity contribution in [2.45, 2.75) is 37.1 Å². The summed E-state index contributed by atoms with van der Waals surface area (Å²) in [7, 11) is -2.35. The molecule has 1 aromatic heterocycles. The Morgan fingerprint density at radius 2 is 2.07 bits per heavy atom. The maximum Gasteiger partial charge on any atom is 0.406 e. The van der Waals surface area contributed by atoms with E-state index in [0.717, 1.165) is 4.57 Å². The molecule has 3 N–H and O–H groups in total. The Morgan fingerprint density at radius 3 is 2.68 bits per heavy atom. The number of nitrogens with one attached hydrogen (secondary N) is 1. The van der Waals surface area contributed by atoms with Crippen LogP contribution in [0.5, 0.6) is 0 Å². The standard InChI is InChI=1S/C16H20F3N5O3S/c1-11(15(25)22-12-4-3-5-13(8-12)28(20,26)27)23(2)9-14-21-6-7-24(14)10-16(17,18)19/h3-8,11H,9-10H2,1-2H3,(H,22,25)(H2,20,26,27). The van der Waals surface area contributed by atoms with Crippen LogP contribution in [0.2, 0.25) is 0 Å². The van der Waals surface area contributed by atoms with Gasteiger partial charge in [0.25, 0.3) is 0 Å². The summed E-state index contributed by atoms with van der Waals surface area (Å²) >= 11 is 0. The molecule has 0 fully saturated rings. The highest BCUT2D eigenvalue weighted by Gasteiger charge is 2.29. The number of aromatic nitrogens is 2. The van der Waals surface area contributed by atoms with Gasteiger partial charge >= 0.3 is 6.18 Å². The number of benzene rings is 1. The van der Waals surface area contributed by atoms with Crippen LogP contribution in [0.3, 0.4) is 0 Å². The van der Waals surface area contributed by atoms with Crippen molar-refractivity contribution in [2.24, 2.45) is 5.14 Å². The number of alkyl halides is 3. The van der Waals surface area contributed by atoms with E-state index in [0.29, 0.717) is 0 Å². The third-order valence-electron chi connectivity index (χ3n) is 4.01. The molecule has 154 valence electrons. The average Bonchev–Trinajstić information content (AvgIpc) is 2.98. The Morgan fingerprint density at radius 1 is 1.39 bits per heavy atom. The molecule has 0 aliphatic rings. The third kappa shape index (κ3) is 6.04. The predicted molar refractivity (Wildman–Crippen MR) is 95.7 cm³/mol. The van der Waals surface area contributed by atoms with Gasteiger partial charge in [0.1, 0.15) is 12.4 Å². The van der Waals surface area contributed by atoms with Crippen LogP contribution in [0.25, 0.3) is 0 Å². The van der Waals surface area contributed by atoms with Crippen LogP contribution < -0.4 is 10.5 Å². The number of likely N-dealkylation sites (N-methyl/N-ethyl adjacent to an activating group) is 1. The number of carbonyl (C=O) groups is 1. The lowest BCUT2D eigenvalue weighted by atomic mass is 10.2. The summed E-state index contributed by atoms with van der Waals surface area (Å²) in [6, 6.07) is 4.71. The Labute approximate surface area is 160 Å². The fourth-order valence-electron chi connectivity index (χ4n) is 2.39. The van der Waals surface area contributed by atoms with Crippen LogP contribution >= 0.6 is 0 Å². The summed E-state index contributed by atoms with van der Waals surface area (Å²) in [4.78, 5) is 17.7. The summed E-state index contributed by atoms with van der Waals surface area (Å²) < 4.78 is 61.6. The van der Waals surface area contributed by atoms with Gasteiger partial charge in [-0.15, -0.1) is 0 Å².